The number of rotatable bonds is 7. The molecule has 11 N–H and O–H groups in total. The molecular weight excluding hydrogens is 612 g/mol. The molecule has 2 fully saturated rings. The number of carbonyl (C=O) groups is 1. The normalized spacial score (nSPS) is 40.3. The molecule has 1 aromatic carbocycles. The summed E-state index contributed by atoms with van der Waals surface area (Å²) in [6.07, 6.45) is -20.2. The summed E-state index contributed by atoms with van der Waals surface area (Å²) in [4.78, 5) is 27.6. The molecule has 5 rings (SSSR count). The Morgan fingerprint density at radius 1 is 0.756 bits per heavy atom. The molecule has 18 heteroatoms. The van der Waals surface area contributed by atoms with Gasteiger partial charge in [-0.2, -0.15) is 0 Å². The van der Waals surface area contributed by atoms with Gasteiger partial charge in [-0.05, 0) is 17.7 Å². The van der Waals surface area contributed by atoms with E-state index < -0.39 is 115 Å². The standard InChI is InChI=1S/C27H32O18/c28-6-13-17(32)19(34)21(36)24(42-13)44-26(39)5-12-15(16(31)11(8-41-12)9-1-3-10(30)4-2-9)23(38)27(26,40)45-25-22(37)20(35)18(33)14(7-29)43-25/h1-4,8,13-14,17-22,24-25,28-30,32-37,39-40H,5-7H2/t13-,14-,17-,18-,19+,20+,21-,22-,24?,25?,26?,27?/m1/s1. The molecule has 3 aliphatic rings. The van der Waals surface area contributed by atoms with Gasteiger partial charge in [-0.15, -0.1) is 0 Å². The number of ketones is 1. The quantitative estimate of drug-likeness (QED) is 0.125. The fourth-order valence-corrected chi connectivity index (χ4v) is 5.34. The van der Waals surface area contributed by atoms with Crippen molar-refractivity contribution in [1.82, 2.24) is 0 Å². The second-order valence-corrected chi connectivity index (χ2v) is 10.9. The van der Waals surface area contributed by atoms with Crippen LogP contribution in [0.25, 0.3) is 11.1 Å². The van der Waals surface area contributed by atoms with E-state index in [2.05, 4.69) is 0 Å². The third-order valence-corrected chi connectivity index (χ3v) is 8.01. The van der Waals surface area contributed by atoms with Gasteiger partial charge in [0, 0.05) is 0 Å². The van der Waals surface area contributed by atoms with Crippen molar-refractivity contribution in [3.8, 4) is 16.9 Å². The van der Waals surface area contributed by atoms with Crippen molar-refractivity contribution < 1.29 is 84.3 Å². The van der Waals surface area contributed by atoms with Gasteiger partial charge in [0.25, 0.3) is 5.79 Å². The summed E-state index contributed by atoms with van der Waals surface area (Å²) >= 11 is 0. The van der Waals surface area contributed by atoms with E-state index in [4.69, 9.17) is 23.4 Å². The maximum Gasteiger partial charge on any atom is 0.290 e. The Labute approximate surface area is 252 Å². The minimum Gasteiger partial charge on any atom is -0.508 e. The van der Waals surface area contributed by atoms with E-state index in [1.807, 2.05) is 0 Å². The maximum absolute atomic E-state index is 14.0. The Bertz CT molecular complexity index is 1440. The van der Waals surface area contributed by atoms with E-state index in [1.54, 1.807) is 0 Å². The van der Waals surface area contributed by atoms with E-state index in [0.717, 1.165) is 6.26 Å². The zero-order valence-electron chi connectivity index (χ0n) is 23.1. The largest absolute Gasteiger partial charge is 0.508 e. The molecule has 2 aromatic rings. The van der Waals surface area contributed by atoms with Crippen molar-refractivity contribution in [1.29, 1.82) is 0 Å². The van der Waals surface area contributed by atoms with Crippen molar-refractivity contribution in [2.24, 2.45) is 0 Å². The number of aromatic hydroxyl groups is 1. The number of ether oxygens (including phenoxy) is 4. The summed E-state index contributed by atoms with van der Waals surface area (Å²) in [7, 11) is 0. The first-order valence-corrected chi connectivity index (χ1v) is 13.6. The predicted octanol–water partition coefficient (Wildman–Crippen LogP) is -5.24. The van der Waals surface area contributed by atoms with Gasteiger partial charge in [-0.25, -0.2) is 0 Å². The third-order valence-electron chi connectivity index (χ3n) is 8.01. The third kappa shape index (κ3) is 5.58. The van der Waals surface area contributed by atoms with E-state index in [1.165, 1.54) is 24.3 Å². The fourth-order valence-electron chi connectivity index (χ4n) is 5.34. The number of aliphatic hydroxyl groups is 10. The number of hydrogen-bond acceptors (Lipinski definition) is 18. The average Bonchev–Trinajstić information content (AvgIpc) is 3.01. The minimum atomic E-state index is -3.80. The van der Waals surface area contributed by atoms with Crippen LogP contribution in [0.1, 0.15) is 16.1 Å². The Kier molecular flexibility index (Phi) is 9.18. The second-order valence-electron chi connectivity index (χ2n) is 10.9. The molecule has 0 bridgehead atoms. The number of hydrogen-bond donors (Lipinski definition) is 11. The van der Waals surface area contributed by atoms with Crippen molar-refractivity contribution in [2.75, 3.05) is 13.2 Å². The zero-order valence-corrected chi connectivity index (χ0v) is 23.1. The Morgan fingerprint density at radius 2 is 1.27 bits per heavy atom. The lowest BCUT2D eigenvalue weighted by Crippen LogP contribution is -2.72. The highest BCUT2D eigenvalue weighted by molar-refractivity contribution is 6.04. The molecule has 4 unspecified atom stereocenters. The molecule has 2 saturated heterocycles. The Hall–Kier alpha value is -2.92. The zero-order chi connectivity index (χ0) is 33.0. The van der Waals surface area contributed by atoms with Gasteiger partial charge in [0.2, 0.25) is 17.0 Å². The highest BCUT2D eigenvalue weighted by Gasteiger charge is 2.67. The minimum absolute atomic E-state index is 0.144. The van der Waals surface area contributed by atoms with Crippen LogP contribution in [0.5, 0.6) is 5.75 Å². The van der Waals surface area contributed by atoms with E-state index >= 15 is 0 Å². The van der Waals surface area contributed by atoms with E-state index in [-0.39, 0.29) is 16.9 Å². The van der Waals surface area contributed by atoms with Gasteiger partial charge >= 0.3 is 0 Å². The van der Waals surface area contributed by atoms with Crippen molar-refractivity contribution in [2.45, 2.75) is 79.4 Å². The summed E-state index contributed by atoms with van der Waals surface area (Å²) in [5, 5.41) is 114. The lowest BCUT2D eigenvalue weighted by Gasteiger charge is -2.50. The van der Waals surface area contributed by atoms with Gasteiger partial charge in [0.05, 0.1) is 25.2 Å². The number of Topliss-reactive ketones (excluding diaryl/α,β-unsaturated/α-hetero) is 1. The number of carbonyl (C=O) groups excluding carboxylic acids is 1. The Morgan fingerprint density at radius 3 is 1.78 bits per heavy atom. The van der Waals surface area contributed by atoms with Gasteiger partial charge < -0.3 is 79.5 Å². The summed E-state index contributed by atoms with van der Waals surface area (Å²) in [6.45, 7) is -1.88. The number of fused-ring (bicyclic) bond motifs is 1. The molecule has 1 aliphatic carbocycles. The molecule has 2 aliphatic heterocycles. The van der Waals surface area contributed by atoms with Crippen LogP contribution in [0.2, 0.25) is 0 Å². The van der Waals surface area contributed by atoms with Crippen LogP contribution in [-0.4, -0.2) is 148 Å². The van der Waals surface area contributed by atoms with E-state index in [0.29, 0.717) is 0 Å². The van der Waals surface area contributed by atoms with Gasteiger partial charge in [-0.1, -0.05) is 12.1 Å². The molecule has 0 amide bonds. The van der Waals surface area contributed by atoms with Crippen molar-refractivity contribution >= 4 is 5.78 Å². The lowest BCUT2D eigenvalue weighted by atomic mass is 9.83. The number of phenols is 1. The lowest BCUT2D eigenvalue weighted by molar-refractivity contribution is -0.449. The fraction of sp³-hybridized carbons (Fsp3) is 0.556. The van der Waals surface area contributed by atoms with Crippen molar-refractivity contribution in [3.05, 3.63) is 52.1 Å². The van der Waals surface area contributed by atoms with Gasteiger partial charge in [-0.3, -0.25) is 9.59 Å². The topological polar surface area (TPSA) is 307 Å². The Balaban J connectivity index is 1.60. The monoisotopic (exact) mass is 644 g/mol. The smallest absolute Gasteiger partial charge is 0.290 e. The van der Waals surface area contributed by atoms with Crippen LogP contribution in [0.3, 0.4) is 0 Å². The van der Waals surface area contributed by atoms with Crippen LogP contribution < -0.4 is 5.43 Å². The summed E-state index contributed by atoms with van der Waals surface area (Å²) in [5.41, 5.74) is -2.01. The molecule has 45 heavy (non-hydrogen) atoms. The number of benzene rings is 1. The number of phenolic OH excluding ortho intramolecular Hbond substituents is 1. The van der Waals surface area contributed by atoms with Crippen molar-refractivity contribution in [3.63, 3.8) is 0 Å². The molecule has 3 heterocycles. The van der Waals surface area contributed by atoms with Crippen LogP contribution in [-0.2, 0) is 25.4 Å². The van der Waals surface area contributed by atoms with Crippen LogP contribution in [0, 0.1) is 0 Å². The highest BCUT2D eigenvalue weighted by atomic mass is 16.8. The van der Waals surface area contributed by atoms with Gasteiger partial charge in [0.15, 0.2) is 12.6 Å². The maximum atomic E-state index is 14.0. The summed E-state index contributed by atoms with van der Waals surface area (Å²) < 4.78 is 26.6. The summed E-state index contributed by atoms with van der Waals surface area (Å²) in [6, 6.07) is 5.11. The SMILES string of the molecule is O=C1c2c(occ(-c3ccc(O)cc3)c2=O)CC(O)(OC2O[C@H](CO)[C@@H](O)[C@H](O)[C@H]2O)C1(O)OC1O[C@H](CO)[C@@H](O)[C@H](O)[C@H]1O. The molecule has 0 radical (unpaired) electrons. The first-order chi connectivity index (χ1) is 21.2. The first-order valence-electron chi connectivity index (χ1n) is 13.6. The molecule has 18 nitrogen and oxygen atoms in total. The van der Waals surface area contributed by atoms with Crippen LogP contribution >= 0.6 is 0 Å². The molecule has 0 saturated carbocycles. The average molecular weight is 645 g/mol. The summed E-state index contributed by atoms with van der Waals surface area (Å²) in [5.74, 6) is -9.72. The molecule has 1 aromatic heterocycles. The highest BCUT2D eigenvalue weighted by Crippen LogP contribution is 2.42. The van der Waals surface area contributed by atoms with Crippen LogP contribution in [0.4, 0.5) is 0 Å². The predicted molar refractivity (Wildman–Crippen MR) is 140 cm³/mol. The van der Waals surface area contributed by atoms with Gasteiger partial charge in [0.1, 0.15) is 72.2 Å². The first kappa shape index (κ1) is 33.4. The molecule has 248 valence electrons. The molecule has 0 spiro atoms. The van der Waals surface area contributed by atoms with Crippen LogP contribution in [0.15, 0.2) is 39.7 Å². The molecule has 12 atom stereocenters. The number of aliphatic hydroxyl groups excluding tert-OH is 8. The second kappa shape index (κ2) is 12.4. The molecular formula is C27H32O18. The van der Waals surface area contributed by atoms with E-state index in [9.17, 15) is 65.8 Å².